The topological polar surface area (TPSA) is 42.5 Å². The number of nitrogens with zero attached hydrogens (tertiary/aromatic N) is 4. The summed E-state index contributed by atoms with van der Waals surface area (Å²) in [6, 6.07) is 11.4. The number of aromatic nitrogens is 2. The summed E-state index contributed by atoms with van der Waals surface area (Å²) >= 11 is 0. The van der Waals surface area contributed by atoms with E-state index < -0.39 is 11.7 Å². The standard InChI is InChI=1S/C28H25F3N4/c1-19-5-6-21(11-20-3-2-4-26(12-20)28(29,30)31)13-27(19)35-18-25(17-34-35)24-14-23(15-33-16-24)22-7-9-32-10-8-22/h2-7,9,12-13,15-18,24H,8,10-11,14H2,1H3. The van der Waals surface area contributed by atoms with Crippen LogP contribution in [0.25, 0.3) is 5.69 Å². The number of halogens is 3. The summed E-state index contributed by atoms with van der Waals surface area (Å²) < 4.78 is 41.1. The third kappa shape index (κ3) is 5.19. The van der Waals surface area contributed by atoms with Gasteiger partial charge in [0.15, 0.2) is 0 Å². The van der Waals surface area contributed by atoms with Crippen LogP contribution in [0.15, 0.2) is 88.3 Å². The van der Waals surface area contributed by atoms with E-state index in [1.807, 2.05) is 60.8 Å². The van der Waals surface area contributed by atoms with Crippen LogP contribution in [-0.2, 0) is 12.6 Å². The minimum absolute atomic E-state index is 0.136. The fraction of sp³-hybridized carbons (Fsp3) is 0.250. The van der Waals surface area contributed by atoms with Gasteiger partial charge < -0.3 is 0 Å². The molecule has 5 rings (SSSR count). The van der Waals surface area contributed by atoms with Crippen molar-refractivity contribution < 1.29 is 13.2 Å². The predicted molar refractivity (Wildman–Crippen MR) is 133 cm³/mol. The molecule has 1 aromatic heterocycles. The zero-order valence-corrected chi connectivity index (χ0v) is 19.3. The zero-order chi connectivity index (χ0) is 24.4. The van der Waals surface area contributed by atoms with Crippen LogP contribution in [0.4, 0.5) is 13.2 Å². The molecule has 0 saturated heterocycles. The Balaban J connectivity index is 1.35. The van der Waals surface area contributed by atoms with Crippen LogP contribution >= 0.6 is 0 Å². The van der Waals surface area contributed by atoms with Gasteiger partial charge in [0.05, 0.1) is 17.4 Å². The Labute approximate surface area is 202 Å². The number of dihydropyridines is 1. The van der Waals surface area contributed by atoms with Crippen molar-refractivity contribution in [2.75, 3.05) is 6.54 Å². The van der Waals surface area contributed by atoms with Crippen LogP contribution in [0.5, 0.6) is 0 Å². The van der Waals surface area contributed by atoms with Crippen molar-refractivity contribution in [2.45, 2.75) is 38.3 Å². The molecule has 0 fully saturated rings. The van der Waals surface area contributed by atoms with Crippen molar-refractivity contribution in [3.8, 4) is 5.69 Å². The molecule has 4 nitrogen and oxygen atoms in total. The molecule has 178 valence electrons. The van der Waals surface area contributed by atoms with E-state index in [4.69, 9.17) is 0 Å². The molecule has 0 aliphatic carbocycles. The third-order valence-corrected chi connectivity index (χ3v) is 6.45. The first kappa shape index (κ1) is 23.0. The first-order valence-electron chi connectivity index (χ1n) is 11.6. The SMILES string of the molecule is Cc1ccc(Cc2cccc(C(F)(F)F)c2)cc1-n1cc(C2C=NC=C(C3=CC=NCC3)C2)cn1. The average molecular weight is 475 g/mol. The van der Waals surface area contributed by atoms with Crippen molar-refractivity contribution in [1.82, 2.24) is 9.78 Å². The molecule has 1 atom stereocenters. The summed E-state index contributed by atoms with van der Waals surface area (Å²) in [4.78, 5) is 8.75. The molecule has 0 spiro atoms. The van der Waals surface area contributed by atoms with E-state index in [1.165, 1.54) is 23.3 Å². The number of alkyl halides is 3. The summed E-state index contributed by atoms with van der Waals surface area (Å²) in [7, 11) is 0. The number of benzene rings is 2. The molecule has 0 saturated carbocycles. The molecule has 2 aliphatic rings. The maximum Gasteiger partial charge on any atom is 0.416 e. The normalized spacial score (nSPS) is 17.9. The van der Waals surface area contributed by atoms with Gasteiger partial charge in [-0.1, -0.05) is 30.3 Å². The second-order valence-corrected chi connectivity index (χ2v) is 8.97. The summed E-state index contributed by atoms with van der Waals surface area (Å²) in [5.41, 5.74) is 6.47. The quantitative estimate of drug-likeness (QED) is 0.409. The predicted octanol–water partition coefficient (Wildman–Crippen LogP) is 6.63. The molecule has 0 bridgehead atoms. The summed E-state index contributed by atoms with van der Waals surface area (Å²) in [5, 5.41) is 4.61. The highest BCUT2D eigenvalue weighted by molar-refractivity contribution is 5.76. The van der Waals surface area contributed by atoms with Gasteiger partial charge in [-0.15, -0.1) is 0 Å². The fourth-order valence-corrected chi connectivity index (χ4v) is 4.52. The Morgan fingerprint density at radius 1 is 1.06 bits per heavy atom. The van der Waals surface area contributed by atoms with E-state index in [-0.39, 0.29) is 5.92 Å². The highest BCUT2D eigenvalue weighted by Gasteiger charge is 2.30. The lowest BCUT2D eigenvalue weighted by molar-refractivity contribution is -0.137. The largest absolute Gasteiger partial charge is 0.416 e. The van der Waals surface area contributed by atoms with E-state index in [0.717, 1.165) is 47.8 Å². The van der Waals surface area contributed by atoms with E-state index in [9.17, 15) is 13.2 Å². The Morgan fingerprint density at radius 3 is 2.71 bits per heavy atom. The second-order valence-electron chi connectivity index (χ2n) is 8.97. The fourth-order valence-electron chi connectivity index (χ4n) is 4.52. The summed E-state index contributed by atoms with van der Waals surface area (Å²) in [6.45, 7) is 2.82. The minimum atomic E-state index is -4.35. The Morgan fingerprint density at radius 2 is 1.91 bits per heavy atom. The second kappa shape index (κ2) is 9.49. The molecule has 2 aromatic carbocycles. The Hall–Kier alpha value is -3.74. The van der Waals surface area contributed by atoms with Crippen LogP contribution in [0.1, 0.15) is 46.6 Å². The van der Waals surface area contributed by atoms with Crippen molar-refractivity contribution in [1.29, 1.82) is 0 Å². The zero-order valence-electron chi connectivity index (χ0n) is 19.3. The molecular formula is C28H25F3N4. The number of allylic oxidation sites excluding steroid dienone is 2. The summed E-state index contributed by atoms with van der Waals surface area (Å²) in [6.07, 6.45) is 9.57. The van der Waals surface area contributed by atoms with Crippen LogP contribution in [0.2, 0.25) is 0 Å². The number of hydrogen-bond donors (Lipinski definition) is 0. The first-order chi connectivity index (χ1) is 16.9. The Kier molecular flexibility index (Phi) is 6.24. The Bertz CT molecular complexity index is 1360. The van der Waals surface area contributed by atoms with E-state index >= 15 is 0 Å². The molecule has 1 unspecified atom stereocenters. The third-order valence-electron chi connectivity index (χ3n) is 6.45. The molecule has 0 N–H and O–H groups in total. The number of rotatable bonds is 5. The molecule has 35 heavy (non-hydrogen) atoms. The van der Waals surface area contributed by atoms with Crippen molar-refractivity contribution in [2.24, 2.45) is 9.98 Å². The number of hydrogen-bond acceptors (Lipinski definition) is 3. The van der Waals surface area contributed by atoms with Crippen LogP contribution in [-0.4, -0.2) is 28.8 Å². The van der Waals surface area contributed by atoms with Gasteiger partial charge in [-0.3, -0.25) is 9.98 Å². The van der Waals surface area contributed by atoms with Gasteiger partial charge in [-0.25, -0.2) is 4.68 Å². The van der Waals surface area contributed by atoms with Gasteiger partial charge in [0.1, 0.15) is 0 Å². The smallest absolute Gasteiger partial charge is 0.293 e. The van der Waals surface area contributed by atoms with Crippen molar-refractivity contribution in [3.63, 3.8) is 0 Å². The molecular weight excluding hydrogens is 449 g/mol. The van der Waals surface area contributed by atoms with Gasteiger partial charge >= 0.3 is 6.18 Å². The highest BCUT2D eigenvalue weighted by atomic mass is 19.4. The monoisotopic (exact) mass is 474 g/mol. The molecule has 0 radical (unpaired) electrons. The van der Waals surface area contributed by atoms with Gasteiger partial charge in [-0.05, 0) is 77.8 Å². The first-order valence-corrected chi connectivity index (χ1v) is 11.6. The van der Waals surface area contributed by atoms with Gasteiger partial charge in [-0.2, -0.15) is 18.3 Å². The maximum absolute atomic E-state index is 13.1. The van der Waals surface area contributed by atoms with Crippen molar-refractivity contribution in [3.05, 3.63) is 106 Å². The lowest BCUT2D eigenvalue weighted by Gasteiger charge is -2.19. The highest BCUT2D eigenvalue weighted by Crippen LogP contribution is 2.32. The minimum Gasteiger partial charge on any atom is -0.293 e. The number of aryl methyl sites for hydroxylation is 1. The lowest BCUT2D eigenvalue weighted by atomic mass is 9.88. The molecule has 0 amide bonds. The van der Waals surface area contributed by atoms with Gasteiger partial charge in [0.2, 0.25) is 0 Å². The van der Waals surface area contributed by atoms with Gasteiger partial charge in [0.25, 0.3) is 0 Å². The molecule has 7 heteroatoms. The molecule has 3 aromatic rings. The summed E-state index contributed by atoms with van der Waals surface area (Å²) in [5.74, 6) is 0.136. The van der Waals surface area contributed by atoms with E-state index in [2.05, 4.69) is 21.2 Å². The van der Waals surface area contributed by atoms with Gasteiger partial charge in [0, 0.05) is 37.3 Å². The lowest BCUT2D eigenvalue weighted by Crippen LogP contribution is -2.08. The maximum atomic E-state index is 13.1. The van der Waals surface area contributed by atoms with Crippen LogP contribution in [0.3, 0.4) is 0 Å². The van der Waals surface area contributed by atoms with E-state index in [1.54, 1.807) is 6.07 Å². The number of aliphatic imine (C=N–C) groups is 2. The van der Waals surface area contributed by atoms with Crippen LogP contribution < -0.4 is 0 Å². The van der Waals surface area contributed by atoms with Crippen LogP contribution in [0, 0.1) is 6.92 Å². The van der Waals surface area contributed by atoms with Crippen molar-refractivity contribution >= 4 is 12.4 Å². The molecule has 3 heterocycles. The van der Waals surface area contributed by atoms with E-state index in [0.29, 0.717) is 12.0 Å². The molecule has 2 aliphatic heterocycles. The average Bonchev–Trinajstić information content (AvgIpc) is 3.36.